The van der Waals surface area contributed by atoms with Crippen molar-refractivity contribution >= 4 is 11.8 Å². The highest BCUT2D eigenvalue weighted by molar-refractivity contribution is 5.96. The minimum atomic E-state index is -0.261. The molecule has 0 saturated carbocycles. The minimum Gasteiger partial charge on any atom is -0.396 e. The van der Waals surface area contributed by atoms with Gasteiger partial charge in [-0.05, 0) is 30.9 Å². The van der Waals surface area contributed by atoms with Gasteiger partial charge in [0.2, 0.25) is 5.91 Å². The molecule has 0 aliphatic heterocycles. The highest BCUT2D eigenvalue weighted by Crippen LogP contribution is 2.17. The summed E-state index contributed by atoms with van der Waals surface area (Å²) in [5.74, 6) is -0.495. The first-order valence-electron chi connectivity index (χ1n) is 7.06. The molecule has 0 radical (unpaired) electrons. The van der Waals surface area contributed by atoms with E-state index in [9.17, 15) is 9.59 Å². The van der Waals surface area contributed by atoms with Crippen molar-refractivity contribution in [3.05, 3.63) is 35.4 Å². The summed E-state index contributed by atoms with van der Waals surface area (Å²) in [5, 5.41) is 14.3. The second kappa shape index (κ2) is 7.78. The van der Waals surface area contributed by atoms with Crippen LogP contribution in [0.25, 0.3) is 0 Å². The molecule has 1 rings (SSSR count). The molecule has 0 spiro atoms. The maximum atomic E-state index is 11.9. The average molecular weight is 292 g/mol. The molecule has 3 N–H and O–H groups in total. The summed E-state index contributed by atoms with van der Waals surface area (Å²) < 4.78 is 0. The van der Waals surface area contributed by atoms with Gasteiger partial charge < -0.3 is 15.7 Å². The first-order chi connectivity index (χ1) is 9.84. The number of aliphatic hydroxyl groups excluding tert-OH is 1. The van der Waals surface area contributed by atoms with Crippen LogP contribution in [0.5, 0.6) is 0 Å². The van der Waals surface area contributed by atoms with Gasteiger partial charge in [0.15, 0.2) is 0 Å². The number of hydrogen-bond donors (Lipinski definition) is 3. The molecule has 0 aliphatic carbocycles. The molecule has 5 heteroatoms. The van der Waals surface area contributed by atoms with E-state index < -0.39 is 0 Å². The van der Waals surface area contributed by atoms with Crippen LogP contribution in [0, 0.1) is 12.3 Å². The van der Waals surface area contributed by atoms with Gasteiger partial charge in [-0.2, -0.15) is 0 Å². The van der Waals surface area contributed by atoms with Gasteiger partial charge in [0.25, 0.3) is 5.91 Å². The second-order valence-electron chi connectivity index (χ2n) is 5.97. The first kappa shape index (κ1) is 17.2. The molecule has 0 aliphatic rings. The van der Waals surface area contributed by atoms with Crippen LogP contribution in [0.15, 0.2) is 24.3 Å². The van der Waals surface area contributed by atoms with Crippen LogP contribution in [-0.2, 0) is 4.79 Å². The molecule has 0 atom stereocenters. The van der Waals surface area contributed by atoms with Gasteiger partial charge in [-0.1, -0.05) is 31.5 Å². The van der Waals surface area contributed by atoms with Crippen LogP contribution in [0.4, 0.5) is 0 Å². The normalized spacial score (nSPS) is 11.0. The molecule has 21 heavy (non-hydrogen) atoms. The smallest absolute Gasteiger partial charge is 0.251 e. The fraction of sp³-hybridized carbons (Fsp3) is 0.500. The van der Waals surface area contributed by atoms with E-state index in [0.717, 1.165) is 5.56 Å². The first-order valence-corrected chi connectivity index (χ1v) is 7.06. The lowest BCUT2D eigenvalue weighted by molar-refractivity contribution is -0.120. The summed E-state index contributed by atoms with van der Waals surface area (Å²) >= 11 is 0. The third kappa shape index (κ3) is 6.40. The van der Waals surface area contributed by atoms with Crippen LogP contribution in [0.2, 0.25) is 0 Å². The van der Waals surface area contributed by atoms with E-state index in [-0.39, 0.29) is 30.4 Å². The van der Waals surface area contributed by atoms with Gasteiger partial charge in [-0.25, -0.2) is 0 Å². The molecule has 0 fully saturated rings. The molecule has 116 valence electrons. The van der Waals surface area contributed by atoms with Gasteiger partial charge >= 0.3 is 0 Å². The zero-order valence-electron chi connectivity index (χ0n) is 12.9. The third-order valence-corrected chi connectivity index (χ3v) is 3.24. The Morgan fingerprint density at radius 2 is 1.95 bits per heavy atom. The van der Waals surface area contributed by atoms with Crippen molar-refractivity contribution in [2.45, 2.75) is 27.2 Å². The quantitative estimate of drug-likeness (QED) is 0.707. The van der Waals surface area contributed by atoms with Crippen molar-refractivity contribution in [2.75, 3.05) is 19.7 Å². The highest BCUT2D eigenvalue weighted by atomic mass is 16.3. The molecular formula is C16H24N2O3. The molecule has 1 aromatic carbocycles. The maximum Gasteiger partial charge on any atom is 0.251 e. The van der Waals surface area contributed by atoms with Crippen molar-refractivity contribution in [1.29, 1.82) is 0 Å². The summed E-state index contributed by atoms with van der Waals surface area (Å²) in [5.41, 5.74) is 1.38. The number of benzene rings is 1. The Morgan fingerprint density at radius 3 is 2.57 bits per heavy atom. The molecule has 1 aromatic rings. The zero-order valence-corrected chi connectivity index (χ0v) is 12.9. The van der Waals surface area contributed by atoms with E-state index >= 15 is 0 Å². The van der Waals surface area contributed by atoms with Gasteiger partial charge in [0.1, 0.15) is 0 Å². The van der Waals surface area contributed by atoms with E-state index in [4.69, 9.17) is 5.11 Å². The molecule has 0 unspecified atom stereocenters. The number of amides is 2. The summed E-state index contributed by atoms with van der Waals surface area (Å²) in [6.45, 7) is 6.35. The van der Waals surface area contributed by atoms with E-state index in [2.05, 4.69) is 10.6 Å². The summed E-state index contributed by atoms with van der Waals surface area (Å²) in [6, 6.07) is 7.21. The van der Waals surface area contributed by atoms with Crippen LogP contribution in [0.3, 0.4) is 0 Å². The monoisotopic (exact) mass is 292 g/mol. The largest absolute Gasteiger partial charge is 0.396 e. The highest BCUT2D eigenvalue weighted by Gasteiger charge is 2.18. The van der Waals surface area contributed by atoms with Crippen LogP contribution >= 0.6 is 0 Å². The van der Waals surface area contributed by atoms with Gasteiger partial charge in [0, 0.05) is 18.7 Å². The number of aryl methyl sites for hydroxylation is 1. The van der Waals surface area contributed by atoms with Crippen LogP contribution in [-0.4, -0.2) is 36.6 Å². The van der Waals surface area contributed by atoms with E-state index in [0.29, 0.717) is 18.5 Å². The Balaban J connectivity index is 2.38. The molecule has 0 saturated heterocycles. The predicted molar refractivity (Wildman–Crippen MR) is 82.0 cm³/mol. The Labute approximate surface area is 125 Å². The fourth-order valence-corrected chi connectivity index (χ4v) is 1.84. The van der Waals surface area contributed by atoms with Gasteiger partial charge in [-0.15, -0.1) is 0 Å². The number of aliphatic hydroxyl groups is 1. The number of nitrogens with one attached hydrogen (secondary N) is 2. The molecule has 0 heterocycles. The lowest BCUT2D eigenvalue weighted by Gasteiger charge is -2.23. The Morgan fingerprint density at radius 1 is 1.24 bits per heavy atom. The van der Waals surface area contributed by atoms with E-state index in [1.165, 1.54) is 0 Å². The average Bonchev–Trinajstić information content (AvgIpc) is 2.42. The number of carbonyl (C=O) groups excluding carboxylic acids is 2. The lowest BCUT2D eigenvalue weighted by Crippen LogP contribution is -2.41. The van der Waals surface area contributed by atoms with E-state index in [1.54, 1.807) is 12.1 Å². The number of rotatable bonds is 7. The standard InChI is InChI=1S/C16H24N2O3/c1-12-5-4-6-13(9-12)15(21)17-10-14(20)18-11-16(2,3)7-8-19/h4-6,9,19H,7-8,10-11H2,1-3H3,(H,17,21)(H,18,20). The molecule has 2 amide bonds. The van der Waals surface area contributed by atoms with Crippen molar-refractivity contribution < 1.29 is 14.7 Å². The Bertz CT molecular complexity index is 498. The Kier molecular flexibility index (Phi) is 6.37. The van der Waals surface area contributed by atoms with E-state index in [1.807, 2.05) is 32.9 Å². The minimum absolute atomic E-state index is 0.0536. The molecule has 0 aromatic heterocycles. The number of carbonyl (C=O) groups is 2. The molecule has 5 nitrogen and oxygen atoms in total. The van der Waals surface area contributed by atoms with Gasteiger partial charge in [-0.3, -0.25) is 9.59 Å². The fourth-order valence-electron chi connectivity index (χ4n) is 1.84. The maximum absolute atomic E-state index is 11.9. The van der Waals surface area contributed by atoms with Crippen LogP contribution < -0.4 is 10.6 Å². The third-order valence-electron chi connectivity index (χ3n) is 3.24. The second-order valence-corrected chi connectivity index (χ2v) is 5.97. The summed E-state index contributed by atoms with van der Waals surface area (Å²) in [6.07, 6.45) is 0.614. The Hall–Kier alpha value is -1.88. The van der Waals surface area contributed by atoms with Crippen molar-refractivity contribution in [2.24, 2.45) is 5.41 Å². The summed E-state index contributed by atoms with van der Waals surface area (Å²) in [7, 11) is 0. The molecule has 0 bridgehead atoms. The molecular weight excluding hydrogens is 268 g/mol. The zero-order chi connectivity index (χ0) is 15.9. The predicted octanol–water partition coefficient (Wildman–Crippen LogP) is 1.25. The van der Waals surface area contributed by atoms with Crippen molar-refractivity contribution in [1.82, 2.24) is 10.6 Å². The van der Waals surface area contributed by atoms with Crippen LogP contribution in [0.1, 0.15) is 36.2 Å². The van der Waals surface area contributed by atoms with Crippen molar-refractivity contribution in [3.63, 3.8) is 0 Å². The lowest BCUT2D eigenvalue weighted by atomic mass is 9.90. The summed E-state index contributed by atoms with van der Waals surface area (Å²) in [4.78, 5) is 23.6. The van der Waals surface area contributed by atoms with Crippen molar-refractivity contribution in [3.8, 4) is 0 Å². The SMILES string of the molecule is Cc1cccc(C(=O)NCC(=O)NCC(C)(C)CCO)c1. The number of hydrogen-bond acceptors (Lipinski definition) is 3. The topological polar surface area (TPSA) is 78.4 Å². The van der Waals surface area contributed by atoms with Gasteiger partial charge in [0.05, 0.1) is 6.54 Å².